The summed E-state index contributed by atoms with van der Waals surface area (Å²) < 4.78 is 0. The van der Waals surface area contributed by atoms with Crippen molar-refractivity contribution >= 4 is 11.9 Å². The molecular formula is C20H30N4O3. The number of aromatic nitrogens is 1. The molecule has 2 aliphatic rings. The molecule has 2 aliphatic heterocycles. The molecule has 0 unspecified atom stereocenters. The van der Waals surface area contributed by atoms with E-state index >= 15 is 0 Å². The Balaban J connectivity index is 1.84. The molecule has 1 spiro atoms. The van der Waals surface area contributed by atoms with E-state index in [0.29, 0.717) is 38.2 Å². The van der Waals surface area contributed by atoms with Crippen molar-refractivity contribution < 1.29 is 14.7 Å². The second-order valence-corrected chi connectivity index (χ2v) is 8.10. The first-order valence-corrected chi connectivity index (χ1v) is 9.77. The van der Waals surface area contributed by atoms with E-state index in [-0.39, 0.29) is 37.0 Å². The van der Waals surface area contributed by atoms with Gasteiger partial charge in [0.05, 0.1) is 18.8 Å². The molecule has 7 nitrogen and oxygen atoms in total. The highest BCUT2D eigenvalue weighted by atomic mass is 16.3. The molecule has 0 radical (unpaired) electrons. The summed E-state index contributed by atoms with van der Waals surface area (Å²) in [7, 11) is 0. The zero-order valence-electron chi connectivity index (χ0n) is 16.5. The van der Waals surface area contributed by atoms with Crippen LogP contribution in [0, 0.1) is 5.92 Å². The summed E-state index contributed by atoms with van der Waals surface area (Å²) in [5.74, 6) is 0.179. The van der Waals surface area contributed by atoms with Crippen molar-refractivity contribution in [1.29, 1.82) is 0 Å². The van der Waals surface area contributed by atoms with Crippen molar-refractivity contribution in [3.8, 4) is 0 Å². The molecule has 0 bridgehead atoms. The van der Waals surface area contributed by atoms with E-state index in [0.717, 1.165) is 0 Å². The van der Waals surface area contributed by atoms with Gasteiger partial charge in [-0.3, -0.25) is 19.6 Å². The van der Waals surface area contributed by atoms with Crippen LogP contribution in [0.2, 0.25) is 0 Å². The lowest BCUT2D eigenvalue weighted by Crippen LogP contribution is -2.58. The fraction of sp³-hybridized carbons (Fsp3) is 0.650. The van der Waals surface area contributed by atoms with E-state index in [2.05, 4.69) is 23.7 Å². The molecule has 148 valence electrons. The predicted octanol–water partition coefficient (Wildman–Crippen LogP) is 1.72. The van der Waals surface area contributed by atoms with Gasteiger partial charge in [0.1, 0.15) is 5.54 Å². The fourth-order valence-corrected chi connectivity index (χ4v) is 4.13. The predicted molar refractivity (Wildman–Crippen MR) is 102 cm³/mol. The third kappa shape index (κ3) is 3.71. The second kappa shape index (κ2) is 7.94. The van der Waals surface area contributed by atoms with Gasteiger partial charge in [-0.15, -0.1) is 0 Å². The van der Waals surface area contributed by atoms with Gasteiger partial charge in [-0.2, -0.15) is 0 Å². The minimum absolute atomic E-state index is 0.0673. The van der Waals surface area contributed by atoms with E-state index in [1.807, 2.05) is 25.1 Å². The van der Waals surface area contributed by atoms with Gasteiger partial charge in [0.15, 0.2) is 0 Å². The third-order valence-electron chi connectivity index (χ3n) is 5.73. The smallest absolute Gasteiger partial charge is 0.328 e. The molecule has 3 heterocycles. The Morgan fingerprint density at radius 2 is 1.89 bits per heavy atom. The standard InChI is InChI=1S/C20H30N4O3/c1-15(2)12-24-19(27)23(13-17-6-4-5-9-21-17)18(26)20(24)7-10-22(11-8-20)16(3)14-25/h4-6,9,15-16,25H,7-8,10-14H2,1-3H3/t16-/m1/s1. The number of urea groups is 1. The van der Waals surface area contributed by atoms with Crippen LogP contribution in [0.5, 0.6) is 0 Å². The Labute approximate surface area is 161 Å². The number of carbonyl (C=O) groups is 2. The SMILES string of the molecule is CC(C)CN1C(=O)N(Cc2ccccn2)C(=O)C12CCN([C@H](C)CO)CC2. The first-order chi connectivity index (χ1) is 12.9. The average molecular weight is 374 g/mol. The molecular weight excluding hydrogens is 344 g/mol. The number of aliphatic hydroxyl groups excluding tert-OH is 1. The van der Waals surface area contributed by atoms with Gasteiger partial charge in [-0.25, -0.2) is 4.79 Å². The van der Waals surface area contributed by atoms with E-state index < -0.39 is 5.54 Å². The van der Waals surface area contributed by atoms with Crippen molar-refractivity contribution in [1.82, 2.24) is 19.7 Å². The number of imide groups is 1. The molecule has 2 saturated heterocycles. The molecule has 1 aromatic rings. The van der Waals surface area contributed by atoms with Crippen molar-refractivity contribution in [2.45, 2.75) is 51.7 Å². The molecule has 27 heavy (non-hydrogen) atoms. The number of nitrogens with zero attached hydrogens (tertiary/aromatic N) is 4. The Bertz CT molecular complexity index is 671. The summed E-state index contributed by atoms with van der Waals surface area (Å²) in [5.41, 5.74) is -0.0472. The molecule has 3 amide bonds. The Kier molecular flexibility index (Phi) is 5.81. The number of piperidine rings is 1. The lowest BCUT2D eigenvalue weighted by atomic mass is 9.85. The summed E-state index contributed by atoms with van der Waals surface area (Å²) in [4.78, 5) is 36.2. The normalized spacial score (nSPS) is 21.5. The summed E-state index contributed by atoms with van der Waals surface area (Å²) in [5, 5.41) is 9.43. The van der Waals surface area contributed by atoms with Gasteiger partial charge in [0, 0.05) is 31.9 Å². The van der Waals surface area contributed by atoms with Gasteiger partial charge in [-0.05, 0) is 37.8 Å². The van der Waals surface area contributed by atoms with Gasteiger partial charge < -0.3 is 10.0 Å². The summed E-state index contributed by atoms with van der Waals surface area (Å²) in [6.07, 6.45) is 2.89. The first kappa shape index (κ1) is 19.8. The van der Waals surface area contributed by atoms with Crippen LogP contribution in [0.1, 0.15) is 39.3 Å². The molecule has 2 fully saturated rings. The number of hydrogen-bond donors (Lipinski definition) is 1. The molecule has 7 heteroatoms. The summed E-state index contributed by atoms with van der Waals surface area (Å²) in [6.45, 7) is 8.40. The van der Waals surface area contributed by atoms with E-state index in [1.54, 1.807) is 11.1 Å². The minimum Gasteiger partial charge on any atom is -0.395 e. The number of rotatable bonds is 6. The van der Waals surface area contributed by atoms with Gasteiger partial charge >= 0.3 is 6.03 Å². The van der Waals surface area contributed by atoms with Crippen LogP contribution in [0.4, 0.5) is 4.79 Å². The monoisotopic (exact) mass is 374 g/mol. The Morgan fingerprint density at radius 1 is 1.19 bits per heavy atom. The molecule has 0 saturated carbocycles. The van der Waals surface area contributed by atoms with Gasteiger partial charge in [0.25, 0.3) is 5.91 Å². The van der Waals surface area contributed by atoms with Crippen LogP contribution in [0.15, 0.2) is 24.4 Å². The zero-order chi connectivity index (χ0) is 19.6. The van der Waals surface area contributed by atoms with Crippen LogP contribution in [0.3, 0.4) is 0 Å². The first-order valence-electron chi connectivity index (χ1n) is 9.77. The van der Waals surface area contributed by atoms with Gasteiger partial charge in [-0.1, -0.05) is 19.9 Å². The Morgan fingerprint density at radius 3 is 2.44 bits per heavy atom. The molecule has 0 aliphatic carbocycles. The highest BCUT2D eigenvalue weighted by molar-refractivity contribution is 6.07. The van der Waals surface area contributed by atoms with Crippen LogP contribution >= 0.6 is 0 Å². The topological polar surface area (TPSA) is 77.0 Å². The maximum Gasteiger partial charge on any atom is 0.328 e. The molecule has 3 rings (SSSR count). The molecule has 1 N–H and O–H groups in total. The lowest BCUT2D eigenvalue weighted by molar-refractivity contribution is -0.136. The van der Waals surface area contributed by atoms with Crippen molar-refractivity contribution in [3.63, 3.8) is 0 Å². The largest absolute Gasteiger partial charge is 0.395 e. The van der Waals surface area contributed by atoms with Crippen molar-refractivity contribution in [2.24, 2.45) is 5.92 Å². The third-order valence-corrected chi connectivity index (χ3v) is 5.73. The van der Waals surface area contributed by atoms with Crippen LogP contribution < -0.4 is 0 Å². The molecule has 1 atom stereocenters. The number of amides is 3. The van der Waals surface area contributed by atoms with E-state index in [9.17, 15) is 14.7 Å². The van der Waals surface area contributed by atoms with Crippen LogP contribution in [0.25, 0.3) is 0 Å². The number of likely N-dealkylation sites (tertiary alicyclic amines) is 1. The number of carbonyl (C=O) groups excluding carboxylic acids is 2. The number of pyridine rings is 1. The molecule has 0 aromatic carbocycles. The van der Waals surface area contributed by atoms with Crippen molar-refractivity contribution in [3.05, 3.63) is 30.1 Å². The van der Waals surface area contributed by atoms with E-state index in [1.165, 1.54) is 4.90 Å². The maximum absolute atomic E-state index is 13.4. The molecule has 1 aromatic heterocycles. The minimum atomic E-state index is -0.762. The highest BCUT2D eigenvalue weighted by Crippen LogP contribution is 2.38. The zero-order valence-corrected chi connectivity index (χ0v) is 16.5. The average Bonchev–Trinajstić information content (AvgIpc) is 2.85. The fourth-order valence-electron chi connectivity index (χ4n) is 4.13. The highest BCUT2D eigenvalue weighted by Gasteiger charge is 2.58. The number of aliphatic hydroxyl groups is 1. The van der Waals surface area contributed by atoms with Crippen LogP contribution in [-0.4, -0.2) is 74.6 Å². The van der Waals surface area contributed by atoms with Gasteiger partial charge in [0.2, 0.25) is 0 Å². The maximum atomic E-state index is 13.4. The second-order valence-electron chi connectivity index (χ2n) is 8.10. The summed E-state index contributed by atoms with van der Waals surface area (Å²) >= 11 is 0. The Hall–Kier alpha value is -1.99. The summed E-state index contributed by atoms with van der Waals surface area (Å²) in [6, 6.07) is 5.38. The van der Waals surface area contributed by atoms with Crippen molar-refractivity contribution in [2.75, 3.05) is 26.2 Å². The quantitative estimate of drug-likeness (QED) is 0.767. The van der Waals surface area contributed by atoms with E-state index in [4.69, 9.17) is 0 Å². The van der Waals surface area contributed by atoms with Crippen LogP contribution in [-0.2, 0) is 11.3 Å². The number of hydrogen-bond acceptors (Lipinski definition) is 5. The lowest BCUT2D eigenvalue weighted by Gasteiger charge is -2.44.